The molecule has 19 heavy (non-hydrogen) atoms. The molecule has 1 heterocycles. The van der Waals surface area contributed by atoms with Crippen LogP contribution in [0.3, 0.4) is 0 Å². The Morgan fingerprint density at radius 2 is 2.11 bits per heavy atom. The molecule has 1 amide bonds. The summed E-state index contributed by atoms with van der Waals surface area (Å²) in [6, 6.07) is 9.60. The zero-order valence-electron chi connectivity index (χ0n) is 11.4. The van der Waals surface area contributed by atoms with E-state index in [-0.39, 0.29) is 5.91 Å². The second-order valence-corrected chi connectivity index (χ2v) is 4.81. The number of aryl methyl sites for hydroxylation is 1. The van der Waals surface area contributed by atoms with E-state index in [2.05, 4.69) is 5.32 Å². The maximum absolute atomic E-state index is 11.8. The first-order valence-corrected chi connectivity index (χ1v) is 6.15. The summed E-state index contributed by atoms with van der Waals surface area (Å²) in [5.41, 5.74) is 2.79. The molecule has 0 saturated heterocycles. The highest BCUT2D eigenvalue weighted by atomic mass is 16.3. The predicted molar refractivity (Wildman–Crippen MR) is 76.1 cm³/mol. The third-order valence-electron chi connectivity index (χ3n) is 2.70. The fourth-order valence-electron chi connectivity index (χ4n) is 1.88. The van der Waals surface area contributed by atoms with Gasteiger partial charge < -0.3 is 14.6 Å². The van der Waals surface area contributed by atoms with Crippen molar-refractivity contribution in [3.05, 3.63) is 42.2 Å². The van der Waals surface area contributed by atoms with Crippen LogP contribution in [0.5, 0.6) is 0 Å². The molecular weight excluding hydrogens is 240 g/mol. The smallest absolute Gasteiger partial charge is 0.238 e. The van der Waals surface area contributed by atoms with E-state index < -0.39 is 0 Å². The molecule has 100 valence electrons. The van der Waals surface area contributed by atoms with E-state index in [0.29, 0.717) is 6.54 Å². The third kappa shape index (κ3) is 3.45. The van der Waals surface area contributed by atoms with Crippen molar-refractivity contribution in [1.82, 2.24) is 4.90 Å². The van der Waals surface area contributed by atoms with Gasteiger partial charge in [0, 0.05) is 5.56 Å². The monoisotopic (exact) mass is 258 g/mol. The fraction of sp³-hybridized carbons (Fsp3) is 0.267. The molecule has 0 spiro atoms. The van der Waals surface area contributed by atoms with Crippen molar-refractivity contribution in [2.75, 3.05) is 26.0 Å². The number of amides is 1. The molecule has 0 saturated carbocycles. The first kappa shape index (κ1) is 13.4. The van der Waals surface area contributed by atoms with Crippen molar-refractivity contribution in [3.63, 3.8) is 0 Å². The second kappa shape index (κ2) is 5.71. The molecule has 0 aliphatic rings. The van der Waals surface area contributed by atoms with E-state index in [1.54, 1.807) is 6.26 Å². The van der Waals surface area contributed by atoms with Crippen LogP contribution >= 0.6 is 0 Å². The van der Waals surface area contributed by atoms with Crippen LogP contribution in [-0.4, -0.2) is 31.4 Å². The van der Waals surface area contributed by atoms with Gasteiger partial charge in [0.15, 0.2) is 0 Å². The van der Waals surface area contributed by atoms with Crippen molar-refractivity contribution >= 4 is 11.6 Å². The summed E-state index contributed by atoms with van der Waals surface area (Å²) < 4.78 is 5.42. The Bertz CT molecular complexity index is 560. The Morgan fingerprint density at radius 1 is 1.32 bits per heavy atom. The van der Waals surface area contributed by atoms with Crippen molar-refractivity contribution < 1.29 is 9.21 Å². The Balaban J connectivity index is 2.28. The molecule has 0 fully saturated rings. The first-order chi connectivity index (χ1) is 9.06. The van der Waals surface area contributed by atoms with Crippen LogP contribution in [0.4, 0.5) is 5.69 Å². The average molecular weight is 258 g/mol. The van der Waals surface area contributed by atoms with Crippen molar-refractivity contribution in [1.29, 1.82) is 0 Å². The standard InChI is InChI=1S/C15H18N2O2/c1-11-6-7-13(16-15(18)10-17(2)3)12(9-11)14-5-4-8-19-14/h4-9H,10H2,1-3H3,(H,16,18). The molecule has 0 radical (unpaired) electrons. The average Bonchev–Trinajstić information content (AvgIpc) is 2.83. The van der Waals surface area contributed by atoms with Crippen molar-refractivity contribution in [2.24, 2.45) is 0 Å². The van der Waals surface area contributed by atoms with Gasteiger partial charge in [-0.1, -0.05) is 11.6 Å². The van der Waals surface area contributed by atoms with Gasteiger partial charge in [-0.2, -0.15) is 0 Å². The first-order valence-electron chi connectivity index (χ1n) is 6.15. The predicted octanol–water partition coefficient (Wildman–Crippen LogP) is 2.76. The number of nitrogens with one attached hydrogen (secondary N) is 1. The van der Waals surface area contributed by atoms with E-state index >= 15 is 0 Å². The van der Waals surface area contributed by atoms with Gasteiger partial charge in [0.2, 0.25) is 5.91 Å². The fourth-order valence-corrected chi connectivity index (χ4v) is 1.88. The maximum Gasteiger partial charge on any atom is 0.238 e. The zero-order chi connectivity index (χ0) is 13.8. The van der Waals surface area contributed by atoms with Crippen LogP contribution in [-0.2, 0) is 4.79 Å². The summed E-state index contributed by atoms with van der Waals surface area (Å²) in [5, 5.41) is 2.92. The lowest BCUT2D eigenvalue weighted by Crippen LogP contribution is -2.27. The van der Waals surface area contributed by atoms with E-state index in [1.165, 1.54) is 0 Å². The number of likely N-dealkylation sites (N-methyl/N-ethyl adjacent to an activating group) is 1. The van der Waals surface area contributed by atoms with Gasteiger partial charge >= 0.3 is 0 Å². The molecule has 0 atom stereocenters. The van der Waals surface area contributed by atoms with Crippen molar-refractivity contribution in [3.8, 4) is 11.3 Å². The number of benzene rings is 1. The van der Waals surface area contributed by atoms with Gasteiger partial charge in [0.25, 0.3) is 0 Å². The molecule has 0 aliphatic heterocycles. The number of hydrogen-bond acceptors (Lipinski definition) is 3. The highest BCUT2D eigenvalue weighted by Crippen LogP contribution is 2.29. The van der Waals surface area contributed by atoms with E-state index in [4.69, 9.17) is 4.42 Å². The largest absolute Gasteiger partial charge is 0.464 e. The van der Waals surface area contributed by atoms with E-state index in [9.17, 15) is 4.79 Å². The molecule has 0 bridgehead atoms. The Hall–Kier alpha value is -2.07. The van der Waals surface area contributed by atoms with Gasteiger partial charge in [0.1, 0.15) is 5.76 Å². The molecule has 1 aromatic carbocycles. The normalized spacial score (nSPS) is 10.7. The van der Waals surface area contributed by atoms with Gasteiger partial charge in [-0.3, -0.25) is 4.79 Å². The lowest BCUT2D eigenvalue weighted by molar-refractivity contribution is -0.116. The highest BCUT2D eigenvalue weighted by molar-refractivity contribution is 5.96. The van der Waals surface area contributed by atoms with Gasteiger partial charge in [-0.25, -0.2) is 0 Å². The number of carbonyl (C=O) groups excluding carboxylic acids is 1. The number of carbonyl (C=O) groups is 1. The molecule has 1 aromatic heterocycles. The minimum atomic E-state index is -0.0401. The van der Waals surface area contributed by atoms with E-state index in [0.717, 1.165) is 22.6 Å². The van der Waals surface area contributed by atoms with Crippen LogP contribution in [0, 0.1) is 6.92 Å². The second-order valence-electron chi connectivity index (χ2n) is 4.81. The summed E-state index contributed by atoms with van der Waals surface area (Å²) in [5.74, 6) is 0.713. The van der Waals surface area contributed by atoms with Crippen LogP contribution in [0.2, 0.25) is 0 Å². The SMILES string of the molecule is Cc1ccc(NC(=O)CN(C)C)c(-c2ccco2)c1. The summed E-state index contributed by atoms with van der Waals surface area (Å²) in [4.78, 5) is 13.7. The van der Waals surface area contributed by atoms with Crippen LogP contribution in [0.15, 0.2) is 41.0 Å². The molecule has 2 aromatic rings. The zero-order valence-corrected chi connectivity index (χ0v) is 11.4. The minimum absolute atomic E-state index is 0.0401. The minimum Gasteiger partial charge on any atom is -0.464 e. The Morgan fingerprint density at radius 3 is 2.74 bits per heavy atom. The summed E-state index contributed by atoms with van der Waals surface area (Å²) in [6.45, 7) is 2.36. The number of nitrogens with zero attached hydrogens (tertiary/aromatic N) is 1. The number of anilines is 1. The number of rotatable bonds is 4. The Kier molecular flexibility index (Phi) is 4.02. The topological polar surface area (TPSA) is 45.5 Å². The summed E-state index contributed by atoms with van der Waals surface area (Å²) in [7, 11) is 3.73. The maximum atomic E-state index is 11.8. The molecule has 4 heteroatoms. The lowest BCUT2D eigenvalue weighted by atomic mass is 10.1. The number of furan rings is 1. The molecule has 4 nitrogen and oxygen atoms in total. The van der Waals surface area contributed by atoms with Crippen LogP contribution in [0.1, 0.15) is 5.56 Å². The highest BCUT2D eigenvalue weighted by Gasteiger charge is 2.11. The van der Waals surface area contributed by atoms with Gasteiger partial charge in [-0.05, 0) is 45.3 Å². The van der Waals surface area contributed by atoms with Crippen LogP contribution in [0.25, 0.3) is 11.3 Å². The molecule has 1 N–H and O–H groups in total. The molecule has 0 unspecified atom stereocenters. The van der Waals surface area contributed by atoms with Gasteiger partial charge in [-0.15, -0.1) is 0 Å². The van der Waals surface area contributed by atoms with E-state index in [1.807, 2.05) is 56.3 Å². The Labute approximate surface area is 113 Å². The third-order valence-corrected chi connectivity index (χ3v) is 2.70. The summed E-state index contributed by atoms with van der Waals surface area (Å²) in [6.07, 6.45) is 1.63. The van der Waals surface area contributed by atoms with Crippen molar-refractivity contribution in [2.45, 2.75) is 6.92 Å². The molecule has 2 rings (SSSR count). The molecule has 0 aliphatic carbocycles. The van der Waals surface area contributed by atoms with Gasteiger partial charge in [0.05, 0.1) is 18.5 Å². The lowest BCUT2D eigenvalue weighted by Gasteiger charge is -2.13. The molecular formula is C15H18N2O2. The quantitative estimate of drug-likeness (QED) is 0.917. The van der Waals surface area contributed by atoms with Crippen LogP contribution < -0.4 is 5.32 Å². The number of hydrogen-bond donors (Lipinski definition) is 1. The summed E-state index contributed by atoms with van der Waals surface area (Å²) >= 11 is 0.